The van der Waals surface area contributed by atoms with Crippen LogP contribution in [0, 0.1) is 0 Å². The molecule has 24 heavy (non-hydrogen) atoms. The molecule has 2 aromatic carbocycles. The van der Waals surface area contributed by atoms with Gasteiger partial charge in [-0.25, -0.2) is 4.79 Å². The minimum Gasteiger partial charge on any atom is -0.490 e. The first kappa shape index (κ1) is 15.3. The number of ether oxygens (including phenoxy) is 1. The number of halogens is 1. The van der Waals surface area contributed by atoms with Gasteiger partial charge in [0.2, 0.25) is 0 Å². The minimum absolute atomic E-state index is 0.111. The monoisotopic (exact) mass is 343 g/mol. The molecule has 124 valence electrons. The Labute approximate surface area is 145 Å². The molecule has 0 radical (unpaired) electrons. The summed E-state index contributed by atoms with van der Waals surface area (Å²) < 4.78 is 6.08. The molecule has 0 aromatic heterocycles. The highest BCUT2D eigenvalue weighted by Crippen LogP contribution is 2.42. The highest BCUT2D eigenvalue weighted by Gasteiger charge is 2.39. The summed E-state index contributed by atoms with van der Waals surface area (Å²) in [5.41, 5.74) is 3.47. The number of hydrogen-bond donors (Lipinski definition) is 2. The zero-order valence-corrected chi connectivity index (χ0v) is 13.9. The lowest BCUT2D eigenvalue weighted by Crippen LogP contribution is -2.41. The van der Waals surface area contributed by atoms with Crippen molar-refractivity contribution in [2.75, 3.05) is 18.5 Å². The Bertz CT molecular complexity index is 820. The maximum Gasteiger partial charge on any atom is 0.335 e. The average molecular weight is 344 g/mol. The topological polar surface area (TPSA) is 58.6 Å². The fraction of sp³-hybridized carbons (Fsp3) is 0.316. The van der Waals surface area contributed by atoms with E-state index < -0.39 is 5.97 Å². The van der Waals surface area contributed by atoms with E-state index in [0.29, 0.717) is 12.4 Å². The number of fused-ring (bicyclic) bond motifs is 3. The summed E-state index contributed by atoms with van der Waals surface area (Å²) in [6.45, 7) is 1.30. The number of aryl methyl sites for hydroxylation is 1. The van der Waals surface area contributed by atoms with Gasteiger partial charge in [0.15, 0.2) is 0 Å². The van der Waals surface area contributed by atoms with E-state index in [4.69, 9.17) is 16.3 Å². The van der Waals surface area contributed by atoms with Gasteiger partial charge in [0.05, 0.1) is 17.9 Å². The van der Waals surface area contributed by atoms with E-state index in [1.54, 1.807) is 18.2 Å². The second-order valence-corrected chi connectivity index (χ2v) is 7.03. The fourth-order valence-corrected chi connectivity index (χ4v) is 4.03. The summed E-state index contributed by atoms with van der Waals surface area (Å²) in [6.07, 6.45) is 3.16. The Morgan fingerprint density at radius 1 is 1.25 bits per heavy atom. The van der Waals surface area contributed by atoms with Gasteiger partial charge in [-0.1, -0.05) is 17.7 Å². The van der Waals surface area contributed by atoms with E-state index in [2.05, 4.69) is 17.4 Å². The van der Waals surface area contributed by atoms with E-state index in [1.165, 1.54) is 11.1 Å². The highest BCUT2D eigenvalue weighted by atomic mass is 35.5. The number of anilines is 1. The first-order valence-corrected chi connectivity index (χ1v) is 8.48. The molecule has 1 spiro atoms. The first-order valence-electron chi connectivity index (χ1n) is 8.10. The number of benzene rings is 2. The van der Waals surface area contributed by atoms with Crippen molar-refractivity contribution in [3.8, 4) is 5.75 Å². The molecule has 4 rings (SSSR count). The van der Waals surface area contributed by atoms with Crippen molar-refractivity contribution in [1.29, 1.82) is 0 Å². The normalized spacial score (nSPS) is 21.9. The van der Waals surface area contributed by atoms with E-state index in [9.17, 15) is 9.90 Å². The van der Waals surface area contributed by atoms with Crippen LogP contribution in [0.3, 0.4) is 0 Å². The van der Waals surface area contributed by atoms with Crippen LogP contribution >= 0.6 is 11.6 Å². The van der Waals surface area contributed by atoms with Gasteiger partial charge in [0, 0.05) is 17.0 Å². The van der Waals surface area contributed by atoms with Crippen molar-refractivity contribution < 1.29 is 14.6 Å². The molecular weight excluding hydrogens is 326 g/mol. The minimum atomic E-state index is -0.934. The predicted molar refractivity (Wildman–Crippen MR) is 93.5 cm³/mol. The Kier molecular flexibility index (Phi) is 3.65. The Hall–Kier alpha value is -2.20. The Balaban J connectivity index is 1.70. The molecule has 0 bridgehead atoms. The highest BCUT2D eigenvalue weighted by molar-refractivity contribution is 6.30. The van der Waals surface area contributed by atoms with Gasteiger partial charge in [-0.05, 0) is 60.7 Å². The lowest BCUT2D eigenvalue weighted by atomic mass is 9.70. The van der Waals surface area contributed by atoms with Crippen molar-refractivity contribution in [1.82, 2.24) is 0 Å². The van der Waals surface area contributed by atoms with Gasteiger partial charge in [-0.2, -0.15) is 0 Å². The summed E-state index contributed by atoms with van der Waals surface area (Å²) in [6, 6.07) is 11.1. The van der Waals surface area contributed by atoms with Gasteiger partial charge >= 0.3 is 5.97 Å². The molecule has 1 aliphatic heterocycles. The second kappa shape index (κ2) is 5.71. The molecule has 4 nitrogen and oxygen atoms in total. The molecule has 0 fully saturated rings. The zero-order valence-electron chi connectivity index (χ0n) is 13.1. The van der Waals surface area contributed by atoms with Crippen molar-refractivity contribution >= 4 is 23.3 Å². The number of carboxylic acids is 1. The van der Waals surface area contributed by atoms with Crippen molar-refractivity contribution in [2.24, 2.45) is 0 Å². The molecule has 0 saturated heterocycles. The van der Waals surface area contributed by atoms with Gasteiger partial charge in [0.1, 0.15) is 5.75 Å². The van der Waals surface area contributed by atoms with Crippen LogP contribution in [0.1, 0.15) is 34.3 Å². The van der Waals surface area contributed by atoms with Gasteiger partial charge in [-0.15, -0.1) is 0 Å². The summed E-state index contributed by atoms with van der Waals surface area (Å²) in [5, 5.41) is 13.4. The van der Waals surface area contributed by atoms with Gasteiger partial charge in [0.25, 0.3) is 0 Å². The number of aromatic carboxylic acids is 1. The molecule has 5 heteroatoms. The number of nitrogens with one attached hydrogen (secondary N) is 1. The van der Waals surface area contributed by atoms with E-state index in [1.807, 2.05) is 6.07 Å². The van der Waals surface area contributed by atoms with Gasteiger partial charge in [-0.3, -0.25) is 0 Å². The summed E-state index contributed by atoms with van der Waals surface area (Å²) in [4.78, 5) is 11.2. The largest absolute Gasteiger partial charge is 0.490 e. The average Bonchev–Trinajstić information content (AvgIpc) is 2.75. The third-order valence-corrected chi connectivity index (χ3v) is 5.32. The molecule has 0 saturated carbocycles. The summed E-state index contributed by atoms with van der Waals surface area (Å²) >= 11 is 6.15. The maximum atomic E-state index is 11.2. The molecule has 1 heterocycles. The third kappa shape index (κ3) is 2.51. The lowest BCUT2D eigenvalue weighted by Gasteiger charge is -2.37. The quantitative estimate of drug-likeness (QED) is 0.817. The Morgan fingerprint density at radius 2 is 2.12 bits per heavy atom. The molecular formula is C19H18ClNO3. The number of carbonyl (C=O) groups is 1. The molecule has 1 aliphatic carbocycles. The van der Waals surface area contributed by atoms with E-state index >= 15 is 0 Å². The van der Waals surface area contributed by atoms with Crippen molar-refractivity contribution in [2.45, 2.75) is 24.7 Å². The first-order chi connectivity index (χ1) is 11.6. The molecule has 1 unspecified atom stereocenters. The molecule has 0 amide bonds. The van der Waals surface area contributed by atoms with Crippen LogP contribution in [0.25, 0.3) is 0 Å². The molecule has 1 atom stereocenters. The number of rotatable bonds is 1. The SMILES string of the molecule is O=C(O)c1ccc2c(c1)NCC1(CCCc3cc(Cl)ccc31)CO2. The van der Waals surface area contributed by atoms with Crippen LogP contribution in [-0.4, -0.2) is 24.2 Å². The van der Waals surface area contributed by atoms with Gasteiger partial charge < -0.3 is 15.2 Å². The summed E-state index contributed by atoms with van der Waals surface area (Å²) in [7, 11) is 0. The van der Waals surface area contributed by atoms with Crippen LogP contribution in [0.15, 0.2) is 36.4 Å². The Morgan fingerprint density at radius 3 is 2.96 bits per heavy atom. The fourth-order valence-electron chi connectivity index (χ4n) is 3.83. The third-order valence-electron chi connectivity index (χ3n) is 5.09. The smallest absolute Gasteiger partial charge is 0.335 e. The zero-order chi connectivity index (χ0) is 16.7. The van der Waals surface area contributed by atoms with Crippen LogP contribution in [-0.2, 0) is 11.8 Å². The lowest BCUT2D eigenvalue weighted by molar-refractivity contribution is 0.0697. The van der Waals surface area contributed by atoms with Crippen LogP contribution in [0.4, 0.5) is 5.69 Å². The van der Waals surface area contributed by atoms with Crippen LogP contribution in [0.2, 0.25) is 5.02 Å². The van der Waals surface area contributed by atoms with Crippen molar-refractivity contribution in [3.05, 3.63) is 58.1 Å². The molecule has 2 aromatic rings. The van der Waals surface area contributed by atoms with E-state index in [0.717, 1.165) is 36.5 Å². The molecule has 2 N–H and O–H groups in total. The van der Waals surface area contributed by atoms with Crippen LogP contribution in [0.5, 0.6) is 5.75 Å². The predicted octanol–water partition coefficient (Wildman–Crippen LogP) is 4.12. The summed E-state index contributed by atoms with van der Waals surface area (Å²) in [5.74, 6) is -0.228. The maximum absolute atomic E-state index is 11.2. The standard InChI is InChI=1S/C19H18ClNO3/c20-14-4-5-15-12(8-14)2-1-7-19(15)10-21-16-9-13(18(22)23)3-6-17(16)24-11-19/h3-6,8-9,21H,1-2,7,10-11H2,(H,22,23). The van der Waals surface area contributed by atoms with E-state index in [-0.39, 0.29) is 11.0 Å². The second-order valence-electron chi connectivity index (χ2n) is 6.59. The number of carboxylic acid groups (broad SMARTS) is 1. The molecule has 2 aliphatic rings. The van der Waals surface area contributed by atoms with Crippen LogP contribution < -0.4 is 10.1 Å². The van der Waals surface area contributed by atoms with Crippen molar-refractivity contribution in [3.63, 3.8) is 0 Å². The number of hydrogen-bond acceptors (Lipinski definition) is 3.